The molecular weight excluding hydrogens is 422 g/mol. The maximum atomic E-state index is 12.6. The molecule has 1 amide bonds. The van der Waals surface area contributed by atoms with Gasteiger partial charge >= 0.3 is 11.9 Å². The largest absolute Gasteiger partial charge is 0.473 e. The highest BCUT2D eigenvalue weighted by atomic mass is 16.4. The molecule has 1 fully saturated rings. The van der Waals surface area contributed by atoms with Crippen molar-refractivity contribution in [1.82, 2.24) is 9.80 Å². The predicted molar refractivity (Wildman–Crippen MR) is 127 cm³/mol. The zero-order valence-electron chi connectivity index (χ0n) is 19.3. The molecule has 0 aliphatic carbocycles. The predicted octanol–water partition coefficient (Wildman–Crippen LogP) is 2.79. The number of hydrogen-bond donors (Lipinski definition) is 2. The molecule has 0 radical (unpaired) electrons. The van der Waals surface area contributed by atoms with Crippen molar-refractivity contribution < 1.29 is 24.6 Å². The summed E-state index contributed by atoms with van der Waals surface area (Å²) in [5.41, 5.74) is 2.38. The molecule has 1 unspecified atom stereocenters. The van der Waals surface area contributed by atoms with E-state index in [9.17, 15) is 4.79 Å². The van der Waals surface area contributed by atoms with Gasteiger partial charge in [-0.3, -0.25) is 14.6 Å². The number of carbonyl (C=O) groups is 3. The van der Waals surface area contributed by atoms with Crippen molar-refractivity contribution >= 4 is 23.5 Å². The molecular formula is C25H33N3O5. The van der Waals surface area contributed by atoms with Crippen molar-refractivity contribution in [3.63, 3.8) is 0 Å². The van der Waals surface area contributed by atoms with E-state index >= 15 is 0 Å². The van der Waals surface area contributed by atoms with E-state index in [0.29, 0.717) is 6.42 Å². The number of amides is 1. The number of piperazine rings is 1. The molecule has 0 bridgehead atoms. The van der Waals surface area contributed by atoms with Crippen LogP contribution in [0.15, 0.2) is 60.7 Å². The van der Waals surface area contributed by atoms with Crippen LogP contribution in [0.3, 0.4) is 0 Å². The van der Waals surface area contributed by atoms with Crippen LogP contribution in [0.4, 0.5) is 5.69 Å². The van der Waals surface area contributed by atoms with Gasteiger partial charge in [0.15, 0.2) is 0 Å². The van der Waals surface area contributed by atoms with Crippen LogP contribution in [0.5, 0.6) is 0 Å². The van der Waals surface area contributed by atoms with Gasteiger partial charge in [-0.05, 0) is 24.6 Å². The van der Waals surface area contributed by atoms with Crippen LogP contribution in [0.2, 0.25) is 0 Å². The Hall–Kier alpha value is -3.23. The Kier molecular flexibility index (Phi) is 10.5. The second kappa shape index (κ2) is 13.3. The van der Waals surface area contributed by atoms with E-state index in [1.807, 2.05) is 42.2 Å². The number of para-hydroxylation sites is 1. The first-order valence-corrected chi connectivity index (χ1v) is 11.1. The smallest absolute Gasteiger partial charge is 0.414 e. The number of aliphatic carboxylic acids is 2. The lowest BCUT2D eigenvalue weighted by molar-refractivity contribution is -0.159. The molecule has 0 aromatic heterocycles. The van der Waals surface area contributed by atoms with Gasteiger partial charge in [-0.25, -0.2) is 9.59 Å². The second-order valence-electron chi connectivity index (χ2n) is 7.97. The second-order valence-corrected chi connectivity index (χ2v) is 7.97. The number of rotatable bonds is 7. The van der Waals surface area contributed by atoms with E-state index in [-0.39, 0.29) is 11.9 Å². The third-order valence-electron chi connectivity index (χ3n) is 5.47. The molecule has 33 heavy (non-hydrogen) atoms. The quantitative estimate of drug-likeness (QED) is 0.619. The molecule has 1 aliphatic rings. The molecule has 1 aliphatic heterocycles. The van der Waals surface area contributed by atoms with Crippen LogP contribution < -0.4 is 4.90 Å². The Labute approximate surface area is 195 Å². The van der Waals surface area contributed by atoms with Crippen molar-refractivity contribution in [2.24, 2.45) is 0 Å². The van der Waals surface area contributed by atoms with Gasteiger partial charge in [0.1, 0.15) is 0 Å². The summed E-state index contributed by atoms with van der Waals surface area (Å²) in [5.74, 6) is -3.46. The molecule has 8 nitrogen and oxygen atoms in total. The summed E-state index contributed by atoms with van der Waals surface area (Å²) in [6, 6.07) is 20.9. The zero-order chi connectivity index (χ0) is 24.2. The maximum absolute atomic E-state index is 12.6. The van der Waals surface area contributed by atoms with Crippen molar-refractivity contribution in [3.05, 3.63) is 66.2 Å². The average Bonchev–Trinajstić information content (AvgIpc) is 2.82. The Morgan fingerprint density at radius 3 is 1.82 bits per heavy atom. The van der Waals surface area contributed by atoms with Gasteiger partial charge < -0.3 is 15.1 Å². The molecule has 178 valence electrons. The molecule has 2 aromatic carbocycles. The molecule has 3 rings (SSSR count). The fourth-order valence-electron chi connectivity index (χ4n) is 3.83. The first kappa shape index (κ1) is 26.0. The molecule has 2 aromatic rings. The highest BCUT2D eigenvalue weighted by Gasteiger charge is 2.24. The van der Waals surface area contributed by atoms with Gasteiger partial charge in [-0.2, -0.15) is 0 Å². The van der Waals surface area contributed by atoms with E-state index in [0.717, 1.165) is 45.0 Å². The minimum absolute atomic E-state index is 0.167. The molecule has 1 atom stereocenters. The number of hydrogen-bond acceptors (Lipinski definition) is 5. The van der Waals surface area contributed by atoms with E-state index in [1.54, 1.807) is 0 Å². The normalized spacial score (nSPS) is 15.1. The van der Waals surface area contributed by atoms with E-state index in [2.05, 4.69) is 47.1 Å². The highest BCUT2D eigenvalue weighted by molar-refractivity contribution is 6.27. The van der Waals surface area contributed by atoms with Crippen LogP contribution in [-0.2, 0) is 20.9 Å². The summed E-state index contributed by atoms with van der Waals surface area (Å²) in [4.78, 5) is 37.7. The number of carbonyl (C=O) groups excluding carboxylic acids is 1. The summed E-state index contributed by atoms with van der Waals surface area (Å²) in [7, 11) is 0. The third-order valence-corrected chi connectivity index (χ3v) is 5.47. The van der Waals surface area contributed by atoms with E-state index in [4.69, 9.17) is 19.8 Å². The molecule has 2 N–H and O–H groups in total. The molecule has 0 spiro atoms. The fraction of sp³-hybridized carbons (Fsp3) is 0.400. The number of anilines is 1. The summed E-state index contributed by atoms with van der Waals surface area (Å²) >= 11 is 0. The lowest BCUT2D eigenvalue weighted by atomic mass is 10.1. The van der Waals surface area contributed by atoms with E-state index < -0.39 is 11.9 Å². The van der Waals surface area contributed by atoms with Gasteiger partial charge in [0.05, 0.1) is 0 Å². The first-order valence-electron chi connectivity index (χ1n) is 11.1. The van der Waals surface area contributed by atoms with Crippen molar-refractivity contribution in [3.8, 4) is 0 Å². The fourth-order valence-corrected chi connectivity index (χ4v) is 3.83. The van der Waals surface area contributed by atoms with Crippen LogP contribution in [0.25, 0.3) is 0 Å². The SMILES string of the molecule is CCC(=O)N(c1ccccc1)C(C)CN1CCN(Cc2ccccc2)CC1.O=C(O)C(=O)O. The first-order chi connectivity index (χ1) is 15.8. The lowest BCUT2D eigenvalue weighted by Crippen LogP contribution is -2.51. The Balaban J connectivity index is 0.000000569. The van der Waals surface area contributed by atoms with Crippen molar-refractivity contribution in [1.29, 1.82) is 0 Å². The van der Waals surface area contributed by atoms with Crippen LogP contribution in [0, 0.1) is 0 Å². The van der Waals surface area contributed by atoms with Crippen LogP contribution in [-0.4, -0.2) is 76.6 Å². The summed E-state index contributed by atoms with van der Waals surface area (Å²) in [6.45, 7) is 10.3. The number of benzene rings is 2. The highest BCUT2D eigenvalue weighted by Crippen LogP contribution is 2.19. The van der Waals surface area contributed by atoms with Gasteiger partial charge in [0, 0.05) is 57.4 Å². The van der Waals surface area contributed by atoms with Crippen LogP contribution in [0.1, 0.15) is 25.8 Å². The van der Waals surface area contributed by atoms with Crippen molar-refractivity contribution in [2.45, 2.75) is 32.9 Å². The Bertz CT molecular complexity index is 871. The Morgan fingerprint density at radius 1 is 0.848 bits per heavy atom. The minimum Gasteiger partial charge on any atom is -0.473 e. The monoisotopic (exact) mass is 455 g/mol. The summed E-state index contributed by atoms with van der Waals surface area (Å²) in [6.07, 6.45) is 0.532. The molecule has 1 heterocycles. The number of carboxylic acid groups (broad SMARTS) is 2. The van der Waals surface area contributed by atoms with Crippen LogP contribution >= 0.6 is 0 Å². The number of nitrogens with zero attached hydrogens (tertiary/aromatic N) is 3. The minimum atomic E-state index is -1.82. The average molecular weight is 456 g/mol. The zero-order valence-corrected chi connectivity index (χ0v) is 19.3. The van der Waals surface area contributed by atoms with E-state index in [1.165, 1.54) is 5.56 Å². The lowest BCUT2D eigenvalue weighted by Gasteiger charge is -2.38. The van der Waals surface area contributed by atoms with Gasteiger partial charge in [0.2, 0.25) is 5.91 Å². The number of carboxylic acids is 2. The third kappa shape index (κ3) is 8.67. The standard InChI is InChI=1S/C23H31N3O.C2H2O4/c1-3-23(27)26(22-12-8-5-9-13-22)20(2)18-24-14-16-25(17-15-24)19-21-10-6-4-7-11-21;3-1(4)2(5)6/h4-13,20H,3,14-19H2,1-2H3;(H,3,4)(H,5,6). The molecule has 8 heteroatoms. The molecule has 1 saturated heterocycles. The summed E-state index contributed by atoms with van der Waals surface area (Å²) < 4.78 is 0. The van der Waals surface area contributed by atoms with Crippen molar-refractivity contribution in [2.75, 3.05) is 37.6 Å². The molecule has 0 saturated carbocycles. The van der Waals surface area contributed by atoms with Gasteiger partial charge in [-0.15, -0.1) is 0 Å². The van der Waals surface area contributed by atoms with Gasteiger partial charge in [-0.1, -0.05) is 55.5 Å². The summed E-state index contributed by atoms with van der Waals surface area (Å²) in [5, 5.41) is 14.8. The van der Waals surface area contributed by atoms with Gasteiger partial charge in [0.25, 0.3) is 0 Å². The maximum Gasteiger partial charge on any atom is 0.414 e. The topological polar surface area (TPSA) is 101 Å². The Morgan fingerprint density at radius 2 is 1.33 bits per heavy atom.